The number of carbonyl (C=O) groups excluding carboxylic acids is 2. The maximum atomic E-state index is 12.3. The number of hydrogen-bond donors (Lipinski definition) is 1. The van der Waals surface area contributed by atoms with Gasteiger partial charge < -0.3 is 10.1 Å². The number of esters is 1. The molecule has 2 aromatic carbocycles. The first-order valence-corrected chi connectivity index (χ1v) is 8.28. The summed E-state index contributed by atoms with van der Waals surface area (Å²) in [5, 5.41) is 2.96. The second-order valence-electron chi connectivity index (χ2n) is 5.64. The predicted octanol–water partition coefficient (Wildman–Crippen LogP) is 3.83. The number of unbranched alkanes of at least 4 members (excludes halogenated alkanes) is 1. The molecule has 0 heterocycles. The standard InChI is InChI=1S/C20H23NO3/c1-2-3-14-18(21-19(22)16-10-6-4-7-11-16)15-24-20(23)17-12-8-5-9-13-17/h4-13,18H,2-3,14-15H2,1H3,(H,21,22). The molecule has 0 aromatic heterocycles. The van der Waals surface area contributed by atoms with E-state index in [4.69, 9.17) is 4.74 Å². The summed E-state index contributed by atoms with van der Waals surface area (Å²) in [6.07, 6.45) is 2.75. The van der Waals surface area contributed by atoms with Crippen LogP contribution < -0.4 is 5.32 Å². The van der Waals surface area contributed by atoms with E-state index in [2.05, 4.69) is 12.2 Å². The van der Waals surface area contributed by atoms with Crippen molar-refractivity contribution < 1.29 is 14.3 Å². The van der Waals surface area contributed by atoms with Gasteiger partial charge in [-0.15, -0.1) is 0 Å². The van der Waals surface area contributed by atoms with E-state index in [1.165, 1.54) is 0 Å². The molecule has 0 saturated heterocycles. The Labute approximate surface area is 142 Å². The lowest BCUT2D eigenvalue weighted by Gasteiger charge is -2.18. The molecule has 0 aliphatic rings. The largest absolute Gasteiger partial charge is 0.460 e. The van der Waals surface area contributed by atoms with Crippen LogP contribution in [-0.4, -0.2) is 24.5 Å². The van der Waals surface area contributed by atoms with Crippen LogP contribution in [-0.2, 0) is 4.74 Å². The average Bonchev–Trinajstić information content (AvgIpc) is 2.65. The molecule has 1 amide bonds. The van der Waals surface area contributed by atoms with Crippen molar-refractivity contribution in [2.75, 3.05) is 6.61 Å². The molecule has 0 aliphatic carbocycles. The van der Waals surface area contributed by atoms with Crippen molar-refractivity contribution in [3.05, 3.63) is 71.8 Å². The van der Waals surface area contributed by atoms with Crippen molar-refractivity contribution in [3.63, 3.8) is 0 Å². The van der Waals surface area contributed by atoms with Crippen LogP contribution in [0, 0.1) is 0 Å². The van der Waals surface area contributed by atoms with Crippen LogP contribution in [0.2, 0.25) is 0 Å². The zero-order valence-electron chi connectivity index (χ0n) is 13.9. The van der Waals surface area contributed by atoms with Crippen LogP contribution in [0.15, 0.2) is 60.7 Å². The zero-order valence-corrected chi connectivity index (χ0v) is 13.9. The highest BCUT2D eigenvalue weighted by Gasteiger charge is 2.16. The summed E-state index contributed by atoms with van der Waals surface area (Å²) >= 11 is 0. The first-order valence-electron chi connectivity index (χ1n) is 8.28. The van der Waals surface area contributed by atoms with E-state index in [1.54, 1.807) is 36.4 Å². The molecule has 0 fully saturated rings. The van der Waals surface area contributed by atoms with Crippen molar-refractivity contribution in [2.24, 2.45) is 0 Å². The smallest absolute Gasteiger partial charge is 0.338 e. The van der Waals surface area contributed by atoms with Gasteiger partial charge in [-0.25, -0.2) is 4.79 Å². The maximum absolute atomic E-state index is 12.3. The van der Waals surface area contributed by atoms with Crippen molar-refractivity contribution in [1.29, 1.82) is 0 Å². The zero-order chi connectivity index (χ0) is 17.2. The van der Waals surface area contributed by atoms with Crippen molar-refractivity contribution in [3.8, 4) is 0 Å². The topological polar surface area (TPSA) is 55.4 Å². The molecule has 0 saturated carbocycles. The Morgan fingerprint density at radius 3 is 2.12 bits per heavy atom. The maximum Gasteiger partial charge on any atom is 0.338 e. The third-order valence-corrected chi connectivity index (χ3v) is 3.70. The van der Waals surface area contributed by atoms with Gasteiger partial charge >= 0.3 is 5.97 Å². The van der Waals surface area contributed by atoms with Gasteiger partial charge in [-0.1, -0.05) is 56.2 Å². The summed E-state index contributed by atoms with van der Waals surface area (Å²) in [6, 6.07) is 17.7. The fourth-order valence-electron chi connectivity index (χ4n) is 2.34. The van der Waals surface area contributed by atoms with Gasteiger partial charge in [0.2, 0.25) is 0 Å². The molecule has 2 rings (SSSR count). The summed E-state index contributed by atoms with van der Waals surface area (Å²) < 4.78 is 5.37. The molecule has 0 bridgehead atoms. The SMILES string of the molecule is CCCCC(COC(=O)c1ccccc1)NC(=O)c1ccccc1. The summed E-state index contributed by atoms with van der Waals surface area (Å²) in [5.41, 5.74) is 1.12. The molecule has 4 heteroatoms. The summed E-state index contributed by atoms with van der Waals surface area (Å²) in [7, 11) is 0. The van der Waals surface area contributed by atoms with Gasteiger partial charge in [0.25, 0.3) is 5.91 Å². The first-order chi connectivity index (χ1) is 11.7. The molecule has 2 aromatic rings. The number of benzene rings is 2. The van der Waals surface area contributed by atoms with Crippen LogP contribution in [0.3, 0.4) is 0 Å². The van der Waals surface area contributed by atoms with Gasteiger partial charge in [0.1, 0.15) is 6.61 Å². The number of nitrogens with one attached hydrogen (secondary N) is 1. The quantitative estimate of drug-likeness (QED) is 0.750. The molecular weight excluding hydrogens is 302 g/mol. The van der Waals surface area contributed by atoms with Crippen LogP contribution in [0.5, 0.6) is 0 Å². The normalized spacial score (nSPS) is 11.5. The molecule has 0 radical (unpaired) electrons. The van der Waals surface area contributed by atoms with Gasteiger partial charge in [-0.2, -0.15) is 0 Å². The van der Waals surface area contributed by atoms with Crippen LogP contribution >= 0.6 is 0 Å². The van der Waals surface area contributed by atoms with Gasteiger partial charge in [0.05, 0.1) is 11.6 Å². The second kappa shape index (κ2) is 9.50. The van der Waals surface area contributed by atoms with Crippen LogP contribution in [0.25, 0.3) is 0 Å². The number of rotatable bonds is 8. The molecular formula is C20H23NO3. The van der Waals surface area contributed by atoms with Crippen LogP contribution in [0.4, 0.5) is 0 Å². The van der Waals surface area contributed by atoms with Crippen molar-refractivity contribution in [1.82, 2.24) is 5.32 Å². The highest BCUT2D eigenvalue weighted by atomic mass is 16.5. The van der Waals surface area contributed by atoms with E-state index >= 15 is 0 Å². The Morgan fingerprint density at radius 2 is 1.54 bits per heavy atom. The fourth-order valence-corrected chi connectivity index (χ4v) is 2.34. The van der Waals surface area contributed by atoms with Gasteiger partial charge in [-0.3, -0.25) is 4.79 Å². The van der Waals surface area contributed by atoms with Crippen molar-refractivity contribution in [2.45, 2.75) is 32.2 Å². The number of hydrogen-bond acceptors (Lipinski definition) is 3. The van der Waals surface area contributed by atoms with E-state index in [0.29, 0.717) is 11.1 Å². The minimum absolute atomic E-state index is 0.146. The van der Waals surface area contributed by atoms with Gasteiger partial charge in [0, 0.05) is 5.56 Å². The minimum Gasteiger partial charge on any atom is -0.460 e. The lowest BCUT2D eigenvalue weighted by molar-refractivity contribution is 0.0451. The van der Waals surface area contributed by atoms with E-state index in [1.807, 2.05) is 24.3 Å². The molecule has 24 heavy (non-hydrogen) atoms. The fraction of sp³-hybridized carbons (Fsp3) is 0.300. The van der Waals surface area contributed by atoms with E-state index in [0.717, 1.165) is 19.3 Å². The van der Waals surface area contributed by atoms with Crippen molar-refractivity contribution >= 4 is 11.9 Å². The monoisotopic (exact) mass is 325 g/mol. The molecule has 4 nitrogen and oxygen atoms in total. The Hall–Kier alpha value is -2.62. The molecule has 0 spiro atoms. The number of ether oxygens (including phenoxy) is 1. The lowest BCUT2D eigenvalue weighted by atomic mass is 10.1. The molecule has 0 aliphatic heterocycles. The molecule has 1 atom stereocenters. The van der Waals surface area contributed by atoms with E-state index in [-0.39, 0.29) is 24.5 Å². The number of amides is 1. The highest BCUT2D eigenvalue weighted by molar-refractivity contribution is 5.94. The summed E-state index contributed by atoms with van der Waals surface area (Å²) in [4.78, 5) is 24.3. The Kier molecular flexibility index (Phi) is 7.02. The molecule has 126 valence electrons. The van der Waals surface area contributed by atoms with E-state index in [9.17, 15) is 9.59 Å². The summed E-state index contributed by atoms with van der Waals surface area (Å²) in [6.45, 7) is 2.26. The van der Waals surface area contributed by atoms with E-state index < -0.39 is 0 Å². The third-order valence-electron chi connectivity index (χ3n) is 3.70. The second-order valence-corrected chi connectivity index (χ2v) is 5.64. The first kappa shape index (κ1) is 17.7. The Morgan fingerprint density at radius 1 is 0.958 bits per heavy atom. The highest BCUT2D eigenvalue weighted by Crippen LogP contribution is 2.07. The van der Waals surface area contributed by atoms with Gasteiger partial charge in [-0.05, 0) is 30.7 Å². The Bertz CT molecular complexity index is 640. The Balaban J connectivity index is 1.93. The predicted molar refractivity (Wildman–Crippen MR) is 93.9 cm³/mol. The average molecular weight is 325 g/mol. The molecule has 1 N–H and O–H groups in total. The lowest BCUT2D eigenvalue weighted by Crippen LogP contribution is -2.38. The van der Waals surface area contributed by atoms with Crippen LogP contribution in [0.1, 0.15) is 46.9 Å². The minimum atomic E-state index is -0.369. The van der Waals surface area contributed by atoms with Gasteiger partial charge in [0.15, 0.2) is 0 Å². The summed E-state index contributed by atoms with van der Waals surface area (Å²) in [5.74, 6) is -0.515. The number of carbonyl (C=O) groups is 2. The third kappa shape index (κ3) is 5.54. The molecule has 1 unspecified atom stereocenters.